The van der Waals surface area contributed by atoms with Crippen LogP contribution in [0.25, 0.3) is 0 Å². The summed E-state index contributed by atoms with van der Waals surface area (Å²) in [5.41, 5.74) is 2.59. The number of hydrogen-bond donors (Lipinski definition) is 1. The highest BCUT2D eigenvalue weighted by atomic mass is 79.9. The Hall–Kier alpha value is -0.280. The maximum Gasteiger partial charge on any atom is 0.0636 e. The fraction of sp³-hybridized carbons (Fsp3) is 0.429. The molecule has 0 aliphatic carbocycles. The van der Waals surface area contributed by atoms with Crippen molar-refractivity contribution in [2.45, 2.75) is 13.3 Å². The van der Waals surface area contributed by atoms with Crippen LogP contribution in [0.15, 0.2) is 22.8 Å². The average molecular weight is 206 g/mol. The maximum atomic E-state index is 4.59. The monoisotopic (exact) mass is 205 g/mol. The Labute approximate surface area is 70.0 Å². The molecule has 0 aromatic carbocycles. The van der Waals surface area contributed by atoms with E-state index in [2.05, 4.69) is 39.2 Å². The van der Waals surface area contributed by atoms with Gasteiger partial charge in [-0.05, 0) is 12.5 Å². The van der Waals surface area contributed by atoms with Gasteiger partial charge >= 0.3 is 0 Å². The third kappa shape index (κ3) is 5.85. The van der Waals surface area contributed by atoms with Crippen LogP contribution in [-0.4, -0.2) is 7.11 Å². The molecule has 0 atom stereocenters. The van der Waals surface area contributed by atoms with Crippen LogP contribution in [0, 0.1) is 0 Å². The van der Waals surface area contributed by atoms with Crippen LogP contribution in [-0.2, 0) is 4.84 Å². The second kappa shape index (κ2) is 6.83. The molecule has 0 amide bonds. The minimum atomic E-state index is 1.03. The number of halogens is 1. The van der Waals surface area contributed by atoms with E-state index in [1.54, 1.807) is 13.3 Å². The van der Waals surface area contributed by atoms with Crippen molar-refractivity contribution in [1.82, 2.24) is 5.48 Å². The number of nitrogens with one attached hydrogen (secondary N) is 1. The lowest BCUT2D eigenvalue weighted by atomic mass is 10.4. The molecule has 3 heteroatoms. The normalized spacial score (nSPS) is 12.5. The van der Waals surface area contributed by atoms with Crippen LogP contribution < -0.4 is 5.48 Å². The fourth-order valence-corrected chi connectivity index (χ4v) is 0.901. The molecule has 2 nitrogen and oxygen atoms in total. The standard InChI is InChI=1S/C7H12BrNO/c1-3-4-7(8)5-6-9-10-2/h4-6,9H,3H2,1-2H3/b6-5-,7-4+. The van der Waals surface area contributed by atoms with Gasteiger partial charge in [0.15, 0.2) is 0 Å². The molecule has 0 saturated heterocycles. The molecule has 0 aromatic rings. The summed E-state index contributed by atoms with van der Waals surface area (Å²) in [5, 5.41) is 0. The quantitative estimate of drug-likeness (QED) is 0.563. The fourth-order valence-electron chi connectivity index (χ4n) is 0.445. The Morgan fingerprint density at radius 2 is 2.40 bits per heavy atom. The van der Waals surface area contributed by atoms with Crippen LogP contribution in [0.1, 0.15) is 13.3 Å². The zero-order chi connectivity index (χ0) is 7.82. The summed E-state index contributed by atoms with van der Waals surface area (Å²) >= 11 is 3.35. The van der Waals surface area contributed by atoms with Crippen molar-refractivity contribution in [3.05, 3.63) is 22.8 Å². The predicted molar refractivity (Wildman–Crippen MR) is 46.6 cm³/mol. The summed E-state index contributed by atoms with van der Waals surface area (Å²) in [6.45, 7) is 2.08. The second-order valence-electron chi connectivity index (χ2n) is 1.65. The van der Waals surface area contributed by atoms with E-state index in [-0.39, 0.29) is 0 Å². The molecule has 0 rings (SSSR count). The van der Waals surface area contributed by atoms with Crippen molar-refractivity contribution < 1.29 is 4.84 Å². The number of allylic oxidation sites excluding steroid dienone is 3. The van der Waals surface area contributed by atoms with Gasteiger partial charge in [0.2, 0.25) is 0 Å². The summed E-state index contributed by atoms with van der Waals surface area (Å²) in [6, 6.07) is 0. The number of hydroxylamine groups is 1. The van der Waals surface area contributed by atoms with E-state index in [4.69, 9.17) is 0 Å². The summed E-state index contributed by atoms with van der Waals surface area (Å²) < 4.78 is 1.06. The summed E-state index contributed by atoms with van der Waals surface area (Å²) in [6.07, 6.45) is 6.69. The van der Waals surface area contributed by atoms with Gasteiger partial charge in [0.05, 0.1) is 7.11 Å². The van der Waals surface area contributed by atoms with Gasteiger partial charge in [0.25, 0.3) is 0 Å². The lowest BCUT2D eigenvalue weighted by Gasteiger charge is -1.91. The molecule has 0 spiro atoms. The molecule has 0 aromatic heterocycles. The van der Waals surface area contributed by atoms with Crippen molar-refractivity contribution in [3.8, 4) is 0 Å². The Morgan fingerprint density at radius 3 is 2.90 bits per heavy atom. The number of rotatable bonds is 4. The van der Waals surface area contributed by atoms with Gasteiger partial charge in [-0.25, -0.2) is 0 Å². The van der Waals surface area contributed by atoms with Crippen LogP contribution in [0.3, 0.4) is 0 Å². The Kier molecular flexibility index (Phi) is 6.64. The first kappa shape index (κ1) is 9.72. The molecule has 10 heavy (non-hydrogen) atoms. The summed E-state index contributed by atoms with van der Waals surface area (Å²) in [5.74, 6) is 0. The van der Waals surface area contributed by atoms with Gasteiger partial charge in [-0.3, -0.25) is 10.3 Å². The maximum absolute atomic E-state index is 4.59. The molecule has 0 saturated carbocycles. The SMILES string of the molecule is CC/C=C(Br)\C=C/NOC. The van der Waals surface area contributed by atoms with Gasteiger partial charge in [0.1, 0.15) is 0 Å². The van der Waals surface area contributed by atoms with E-state index in [1.165, 1.54) is 0 Å². The molecule has 0 heterocycles. The van der Waals surface area contributed by atoms with Crippen LogP contribution in [0.2, 0.25) is 0 Å². The Morgan fingerprint density at radius 1 is 1.70 bits per heavy atom. The van der Waals surface area contributed by atoms with E-state index < -0.39 is 0 Å². The predicted octanol–water partition coefficient (Wildman–Crippen LogP) is 2.34. The van der Waals surface area contributed by atoms with E-state index in [0.717, 1.165) is 10.9 Å². The zero-order valence-corrected chi connectivity index (χ0v) is 7.81. The Balaban J connectivity index is 3.55. The molecule has 0 radical (unpaired) electrons. The van der Waals surface area contributed by atoms with Crippen molar-refractivity contribution in [2.75, 3.05) is 7.11 Å². The minimum Gasteiger partial charge on any atom is -0.280 e. The van der Waals surface area contributed by atoms with E-state index in [1.807, 2.05) is 6.08 Å². The smallest absolute Gasteiger partial charge is 0.0636 e. The zero-order valence-electron chi connectivity index (χ0n) is 6.23. The molecule has 58 valence electrons. The highest BCUT2D eigenvalue weighted by Gasteiger charge is 1.79. The lowest BCUT2D eigenvalue weighted by Crippen LogP contribution is -1.99. The van der Waals surface area contributed by atoms with Crippen LogP contribution in [0.4, 0.5) is 0 Å². The summed E-state index contributed by atoms with van der Waals surface area (Å²) in [7, 11) is 1.57. The third-order valence-corrected chi connectivity index (χ3v) is 1.42. The molecule has 0 bridgehead atoms. The van der Waals surface area contributed by atoms with E-state index in [0.29, 0.717) is 0 Å². The van der Waals surface area contributed by atoms with Crippen molar-refractivity contribution in [3.63, 3.8) is 0 Å². The molecule has 1 N–H and O–H groups in total. The lowest BCUT2D eigenvalue weighted by molar-refractivity contribution is 0.128. The van der Waals surface area contributed by atoms with Gasteiger partial charge in [0, 0.05) is 10.7 Å². The first-order valence-corrected chi connectivity index (χ1v) is 3.91. The van der Waals surface area contributed by atoms with Crippen molar-refractivity contribution in [1.29, 1.82) is 0 Å². The molecule has 0 aliphatic heterocycles. The third-order valence-electron chi connectivity index (χ3n) is 0.828. The number of hydrogen-bond acceptors (Lipinski definition) is 2. The van der Waals surface area contributed by atoms with Gasteiger partial charge < -0.3 is 0 Å². The Bertz CT molecular complexity index is 132. The molecule has 0 aliphatic rings. The van der Waals surface area contributed by atoms with Gasteiger partial charge in [-0.2, -0.15) is 0 Å². The highest BCUT2D eigenvalue weighted by molar-refractivity contribution is 9.11. The minimum absolute atomic E-state index is 1.03. The molecule has 0 unspecified atom stereocenters. The van der Waals surface area contributed by atoms with Crippen LogP contribution >= 0.6 is 15.9 Å². The van der Waals surface area contributed by atoms with Crippen LogP contribution in [0.5, 0.6) is 0 Å². The van der Waals surface area contributed by atoms with Gasteiger partial charge in [-0.15, -0.1) is 0 Å². The first-order chi connectivity index (χ1) is 4.81. The first-order valence-electron chi connectivity index (χ1n) is 3.12. The second-order valence-corrected chi connectivity index (χ2v) is 2.57. The average Bonchev–Trinajstić information content (AvgIpc) is 1.89. The van der Waals surface area contributed by atoms with Gasteiger partial charge in [-0.1, -0.05) is 28.9 Å². The topological polar surface area (TPSA) is 21.3 Å². The highest BCUT2D eigenvalue weighted by Crippen LogP contribution is 2.06. The molecular weight excluding hydrogens is 194 g/mol. The van der Waals surface area contributed by atoms with E-state index >= 15 is 0 Å². The molecule has 0 fully saturated rings. The molecular formula is C7H12BrNO. The van der Waals surface area contributed by atoms with Crippen molar-refractivity contribution in [2.24, 2.45) is 0 Å². The summed E-state index contributed by atoms with van der Waals surface area (Å²) in [4.78, 5) is 4.59. The van der Waals surface area contributed by atoms with E-state index in [9.17, 15) is 0 Å². The largest absolute Gasteiger partial charge is 0.280 e. The van der Waals surface area contributed by atoms with Crippen molar-refractivity contribution >= 4 is 15.9 Å².